The smallest absolute Gasteiger partial charge is 0.322 e. The van der Waals surface area contributed by atoms with Crippen LogP contribution in [-0.2, 0) is 9.53 Å². The first-order valence-electron chi connectivity index (χ1n) is 5.87. The number of benzene rings is 1. The minimum atomic E-state index is -0.499. The molecule has 0 radical (unpaired) electrons. The summed E-state index contributed by atoms with van der Waals surface area (Å²) in [5.41, 5.74) is 6.83. The van der Waals surface area contributed by atoms with Crippen molar-refractivity contribution in [3.05, 3.63) is 42.0 Å². The summed E-state index contributed by atoms with van der Waals surface area (Å²) in [6.45, 7) is 0. The van der Waals surface area contributed by atoms with E-state index in [-0.39, 0.29) is 5.97 Å². The molecule has 1 rings (SSSR count). The molecule has 0 bridgehead atoms. The van der Waals surface area contributed by atoms with Crippen molar-refractivity contribution in [2.45, 2.75) is 12.5 Å². The van der Waals surface area contributed by atoms with E-state index < -0.39 is 6.04 Å². The SMILES string of the molecule is COC(=O)C(N)CCSC/C=C/c1ccccc1. The highest BCUT2D eigenvalue weighted by Gasteiger charge is 2.12. The van der Waals surface area contributed by atoms with Crippen LogP contribution in [0.4, 0.5) is 0 Å². The highest BCUT2D eigenvalue weighted by atomic mass is 32.2. The Bertz CT molecular complexity index is 379. The monoisotopic (exact) mass is 265 g/mol. The van der Waals surface area contributed by atoms with Crippen molar-refractivity contribution in [3.8, 4) is 0 Å². The molecule has 0 amide bonds. The van der Waals surface area contributed by atoms with Crippen molar-refractivity contribution in [1.82, 2.24) is 0 Å². The standard InChI is InChI=1S/C14H19NO2S/c1-17-14(16)13(15)9-11-18-10-5-8-12-6-3-2-4-7-12/h2-8,13H,9-11,15H2,1H3/b8-5+. The molecule has 0 spiro atoms. The molecule has 1 aromatic rings. The lowest BCUT2D eigenvalue weighted by atomic mass is 10.2. The Balaban J connectivity index is 2.12. The molecule has 4 heteroatoms. The molecule has 0 saturated carbocycles. The second kappa shape index (κ2) is 8.78. The summed E-state index contributed by atoms with van der Waals surface area (Å²) in [7, 11) is 1.36. The van der Waals surface area contributed by atoms with E-state index in [2.05, 4.69) is 29.0 Å². The summed E-state index contributed by atoms with van der Waals surface area (Å²) in [5.74, 6) is 1.44. The first-order valence-corrected chi connectivity index (χ1v) is 7.02. The van der Waals surface area contributed by atoms with Gasteiger partial charge in [-0.15, -0.1) is 0 Å². The van der Waals surface area contributed by atoms with Crippen molar-refractivity contribution in [2.75, 3.05) is 18.6 Å². The fraction of sp³-hybridized carbons (Fsp3) is 0.357. The van der Waals surface area contributed by atoms with Gasteiger partial charge in [-0.25, -0.2) is 0 Å². The van der Waals surface area contributed by atoms with E-state index >= 15 is 0 Å². The maximum atomic E-state index is 11.0. The second-order valence-corrected chi connectivity index (χ2v) is 4.96. The summed E-state index contributed by atoms with van der Waals surface area (Å²) < 4.78 is 4.56. The van der Waals surface area contributed by atoms with E-state index in [4.69, 9.17) is 5.73 Å². The predicted octanol–water partition coefficient (Wildman–Crippen LogP) is 2.32. The summed E-state index contributed by atoms with van der Waals surface area (Å²) >= 11 is 1.75. The summed E-state index contributed by atoms with van der Waals surface area (Å²) in [6, 6.07) is 9.66. The van der Waals surface area contributed by atoms with Gasteiger partial charge in [-0.05, 0) is 17.7 Å². The Morgan fingerprint density at radius 3 is 2.83 bits per heavy atom. The van der Waals surface area contributed by atoms with Crippen molar-refractivity contribution in [1.29, 1.82) is 0 Å². The molecule has 0 heterocycles. The third-order valence-electron chi connectivity index (χ3n) is 2.40. The molecule has 1 unspecified atom stereocenters. The number of carbonyl (C=O) groups excluding carboxylic acids is 1. The lowest BCUT2D eigenvalue weighted by Gasteiger charge is -2.07. The van der Waals surface area contributed by atoms with E-state index in [1.807, 2.05) is 18.2 Å². The molecule has 2 N–H and O–H groups in total. The summed E-state index contributed by atoms with van der Waals surface area (Å²) in [4.78, 5) is 11.0. The number of hydrogen-bond donors (Lipinski definition) is 1. The molecule has 3 nitrogen and oxygen atoms in total. The molecular weight excluding hydrogens is 246 g/mol. The van der Waals surface area contributed by atoms with Gasteiger partial charge in [0.05, 0.1) is 7.11 Å². The van der Waals surface area contributed by atoms with Gasteiger partial charge in [-0.1, -0.05) is 42.5 Å². The van der Waals surface area contributed by atoms with Gasteiger partial charge in [0.2, 0.25) is 0 Å². The molecule has 0 aliphatic carbocycles. The minimum Gasteiger partial charge on any atom is -0.468 e. The van der Waals surface area contributed by atoms with Crippen LogP contribution in [0.15, 0.2) is 36.4 Å². The summed E-state index contributed by atoms with van der Waals surface area (Å²) in [5, 5.41) is 0. The van der Waals surface area contributed by atoms with Gasteiger partial charge in [0, 0.05) is 5.75 Å². The van der Waals surface area contributed by atoms with Gasteiger partial charge >= 0.3 is 5.97 Å². The normalized spacial score (nSPS) is 12.6. The fourth-order valence-corrected chi connectivity index (χ4v) is 2.20. The quantitative estimate of drug-likeness (QED) is 0.607. The van der Waals surface area contributed by atoms with E-state index in [9.17, 15) is 4.79 Å². The van der Waals surface area contributed by atoms with Gasteiger partial charge in [-0.2, -0.15) is 11.8 Å². The third kappa shape index (κ3) is 5.89. The molecular formula is C14H19NO2S. The van der Waals surface area contributed by atoms with Crippen LogP contribution in [0.1, 0.15) is 12.0 Å². The zero-order valence-corrected chi connectivity index (χ0v) is 11.4. The fourth-order valence-electron chi connectivity index (χ4n) is 1.38. The lowest BCUT2D eigenvalue weighted by molar-refractivity contribution is -0.142. The summed E-state index contributed by atoms with van der Waals surface area (Å²) in [6.07, 6.45) is 4.85. The van der Waals surface area contributed by atoms with Crippen LogP contribution in [0.3, 0.4) is 0 Å². The van der Waals surface area contributed by atoms with Crippen molar-refractivity contribution in [2.24, 2.45) is 5.73 Å². The predicted molar refractivity (Wildman–Crippen MR) is 77.4 cm³/mol. The average molecular weight is 265 g/mol. The van der Waals surface area contributed by atoms with Crippen LogP contribution in [-0.4, -0.2) is 30.6 Å². The lowest BCUT2D eigenvalue weighted by Crippen LogP contribution is -2.31. The third-order valence-corrected chi connectivity index (χ3v) is 3.35. The topological polar surface area (TPSA) is 52.3 Å². The van der Waals surface area contributed by atoms with Crippen LogP contribution < -0.4 is 5.73 Å². The number of hydrogen-bond acceptors (Lipinski definition) is 4. The van der Waals surface area contributed by atoms with Gasteiger partial charge in [0.25, 0.3) is 0 Å². The number of rotatable bonds is 7. The minimum absolute atomic E-state index is 0.338. The van der Waals surface area contributed by atoms with Crippen LogP contribution in [0.5, 0.6) is 0 Å². The van der Waals surface area contributed by atoms with Crippen LogP contribution in [0, 0.1) is 0 Å². The molecule has 1 aromatic carbocycles. The zero-order chi connectivity index (χ0) is 13.2. The molecule has 0 fully saturated rings. The molecule has 1 atom stereocenters. The number of ether oxygens (including phenoxy) is 1. The molecule has 18 heavy (non-hydrogen) atoms. The maximum absolute atomic E-state index is 11.0. The first kappa shape index (κ1) is 14.8. The number of methoxy groups -OCH3 is 1. The Kier molecular flexibility index (Phi) is 7.22. The van der Waals surface area contributed by atoms with E-state index in [0.29, 0.717) is 6.42 Å². The second-order valence-electron chi connectivity index (χ2n) is 3.81. The highest BCUT2D eigenvalue weighted by molar-refractivity contribution is 7.99. The highest BCUT2D eigenvalue weighted by Crippen LogP contribution is 2.07. The van der Waals surface area contributed by atoms with Crippen molar-refractivity contribution < 1.29 is 9.53 Å². The van der Waals surface area contributed by atoms with Gasteiger partial charge in [0.15, 0.2) is 0 Å². The van der Waals surface area contributed by atoms with Crippen LogP contribution >= 0.6 is 11.8 Å². The first-order chi connectivity index (χ1) is 8.74. The maximum Gasteiger partial charge on any atom is 0.322 e. The van der Waals surface area contributed by atoms with Gasteiger partial charge in [-0.3, -0.25) is 4.79 Å². The zero-order valence-electron chi connectivity index (χ0n) is 10.5. The molecule has 0 aliphatic rings. The molecule has 0 aliphatic heterocycles. The largest absolute Gasteiger partial charge is 0.468 e. The van der Waals surface area contributed by atoms with Crippen LogP contribution in [0.2, 0.25) is 0 Å². The Hall–Kier alpha value is -1.26. The van der Waals surface area contributed by atoms with E-state index in [1.54, 1.807) is 11.8 Å². The van der Waals surface area contributed by atoms with E-state index in [1.165, 1.54) is 12.7 Å². The number of nitrogens with two attached hydrogens (primary N) is 1. The average Bonchev–Trinajstić information content (AvgIpc) is 2.42. The van der Waals surface area contributed by atoms with Gasteiger partial charge < -0.3 is 10.5 Å². The molecule has 0 aromatic heterocycles. The molecule has 98 valence electrons. The number of carbonyl (C=O) groups is 1. The Morgan fingerprint density at radius 1 is 1.44 bits per heavy atom. The van der Waals surface area contributed by atoms with Gasteiger partial charge in [0.1, 0.15) is 6.04 Å². The van der Waals surface area contributed by atoms with E-state index in [0.717, 1.165) is 11.5 Å². The van der Waals surface area contributed by atoms with Crippen molar-refractivity contribution >= 4 is 23.8 Å². The van der Waals surface area contributed by atoms with Crippen molar-refractivity contribution in [3.63, 3.8) is 0 Å². The van der Waals surface area contributed by atoms with Crippen LogP contribution in [0.25, 0.3) is 6.08 Å². The molecule has 0 saturated heterocycles. The number of thioether (sulfide) groups is 1. The Labute approximate surface area is 112 Å². The number of esters is 1. The Morgan fingerprint density at radius 2 is 2.17 bits per heavy atom.